The van der Waals surface area contributed by atoms with Crippen LogP contribution in [0.15, 0.2) is 5.38 Å². The highest BCUT2D eigenvalue weighted by Gasteiger charge is 2.30. The highest BCUT2D eigenvalue weighted by atomic mass is 35.5. The summed E-state index contributed by atoms with van der Waals surface area (Å²) >= 11 is 7.26. The average molecular weight is 315 g/mol. The second-order valence-corrected chi connectivity index (χ2v) is 7.77. The van der Waals surface area contributed by atoms with Crippen molar-refractivity contribution < 1.29 is 4.79 Å². The molecule has 1 saturated heterocycles. The van der Waals surface area contributed by atoms with Crippen LogP contribution in [0.2, 0.25) is 0 Å². The van der Waals surface area contributed by atoms with E-state index >= 15 is 0 Å². The number of carbonyl (C=O) groups is 1. The normalized spacial score (nSPS) is 17.5. The smallest absolute Gasteiger partial charge is 0.229 e. The molecule has 1 fully saturated rings. The molecule has 1 amide bonds. The van der Waals surface area contributed by atoms with Gasteiger partial charge in [-0.1, -0.05) is 20.8 Å². The summed E-state index contributed by atoms with van der Waals surface area (Å²) in [6.45, 7) is 8.64. The fourth-order valence-electron chi connectivity index (χ4n) is 2.73. The number of thiazole rings is 1. The molecular weight excluding hydrogens is 292 g/mol. The van der Waals surface area contributed by atoms with Gasteiger partial charge < -0.3 is 4.90 Å². The summed E-state index contributed by atoms with van der Waals surface area (Å²) in [5, 5.41) is 2.81. The zero-order valence-electron chi connectivity index (χ0n) is 12.5. The molecule has 0 saturated carbocycles. The van der Waals surface area contributed by atoms with E-state index in [0.29, 0.717) is 23.6 Å². The number of halogens is 1. The molecular formula is C15H23ClN2OS. The maximum atomic E-state index is 12.3. The Morgan fingerprint density at radius 3 is 2.60 bits per heavy atom. The third-order valence-electron chi connectivity index (χ3n) is 4.11. The summed E-state index contributed by atoms with van der Waals surface area (Å²) in [5.41, 5.74) is 1.21. The van der Waals surface area contributed by atoms with Gasteiger partial charge in [0.05, 0.1) is 18.0 Å². The second kappa shape index (κ2) is 6.44. The first kappa shape index (κ1) is 15.8. The fraction of sp³-hybridized carbons (Fsp3) is 0.733. The molecule has 0 unspecified atom stereocenters. The van der Waals surface area contributed by atoms with Crippen molar-refractivity contribution in [1.29, 1.82) is 0 Å². The van der Waals surface area contributed by atoms with Crippen LogP contribution < -0.4 is 0 Å². The van der Waals surface area contributed by atoms with E-state index in [2.05, 4.69) is 25.8 Å². The van der Waals surface area contributed by atoms with Crippen LogP contribution in [0.5, 0.6) is 0 Å². The Kier molecular flexibility index (Phi) is 5.08. The Balaban J connectivity index is 1.86. The van der Waals surface area contributed by atoms with E-state index in [-0.39, 0.29) is 5.91 Å². The van der Waals surface area contributed by atoms with E-state index < -0.39 is 0 Å². The molecule has 3 nitrogen and oxygen atoms in total. The molecule has 1 aliphatic rings. The van der Waals surface area contributed by atoms with Gasteiger partial charge >= 0.3 is 0 Å². The number of rotatable bonds is 3. The predicted molar refractivity (Wildman–Crippen MR) is 84.1 cm³/mol. The van der Waals surface area contributed by atoms with Crippen LogP contribution >= 0.6 is 22.9 Å². The van der Waals surface area contributed by atoms with Crippen molar-refractivity contribution in [2.24, 2.45) is 11.3 Å². The number of likely N-dealkylation sites (tertiary alicyclic amines) is 1. The standard InChI is InChI=1S/C15H23ClN2OS/c1-15(2,3)11-4-6-18(7-5-11)14(19)8-13-17-12(9-16)10-20-13/h10-11H,4-9H2,1-3H3. The van der Waals surface area contributed by atoms with Crippen molar-refractivity contribution in [3.8, 4) is 0 Å². The third-order valence-corrected chi connectivity index (χ3v) is 5.28. The van der Waals surface area contributed by atoms with Crippen LogP contribution in [0.1, 0.15) is 44.3 Å². The number of amides is 1. The summed E-state index contributed by atoms with van der Waals surface area (Å²) in [5.74, 6) is 1.34. The molecule has 0 bridgehead atoms. The lowest BCUT2D eigenvalue weighted by Crippen LogP contribution is -2.42. The van der Waals surface area contributed by atoms with Crippen LogP contribution in [0.3, 0.4) is 0 Å². The molecule has 112 valence electrons. The van der Waals surface area contributed by atoms with Gasteiger partial charge in [-0.3, -0.25) is 4.79 Å². The van der Waals surface area contributed by atoms with Crippen molar-refractivity contribution in [2.45, 2.75) is 45.9 Å². The molecule has 0 atom stereocenters. The molecule has 0 spiro atoms. The first-order valence-electron chi connectivity index (χ1n) is 7.17. The number of carbonyl (C=O) groups excluding carboxylic acids is 1. The molecule has 1 aromatic rings. The molecule has 5 heteroatoms. The van der Waals surface area contributed by atoms with Crippen molar-refractivity contribution >= 4 is 28.8 Å². The summed E-state index contributed by atoms with van der Waals surface area (Å²) < 4.78 is 0. The average Bonchev–Trinajstić information content (AvgIpc) is 2.85. The number of hydrogen-bond acceptors (Lipinski definition) is 3. The number of nitrogens with zero attached hydrogens (tertiary/aromatic N) is 2. The fourth-order valence-corrected chi connectivity index (χ4v) is 3.74. The summed E-state index contributed by atoms with van der Waals surface area (Å²) in [6, 6.07) is 0. The van der Waals surface area contributed by atoms with Gasteiger partial charge in [0.2, 0.25) is 5.91 Å². The van der Waals surface area contributed by atoms with Crippen LogP contribution in [-0.4, -0.2) is 28.9 Å². The molecule has 0 N–H and O–H groups in total. The van der Waals surface area contributed by atoms with Gasteiger partial charge in [0.1, 0.15) is 5.01 Å². The first-order valence-corrected chi connectivity index (χ1v) is 8.58. The topological polar surface area (TPSA) is 33.2 Å². The third kappa shape index (κ3) is 3.95. The van der Waals surface area contributed by atoms with Gasteiger partial charge in [0.25, 0.3) is 0 Å². The molecule has 1 aliphatic heterocycles. The zero-order chi connectivity index (χ0) is 14.8. The number of piperidine rings is 1. The molecule has 0 aromatic carbocycles. The first-order chi connectivity index (χ1) is 9.40. The lowest BCUT2D eigenvalue weighted by Gasteiger charge is -2.38. The maximum absolute atomic E-state index is 12.3. The van der Waals surface area contributed by atoms with Gasteiger partial charge in [0.15, 0.2) is 0 Å². The minimum Gasteiger partial charge on any atom is -0.342 e. The van der Waals surface area contributed by atoms with Crippen molar-refractivity contribution in [3.63, 3.8) is 0 Å². The molecule has 2 heterocycles. The molecule has 2 rings (SSSR count). The highest BCUT2D eigenvalue weighted by Crippen LogP contribution is 2.34. The van der Waals surface area contributed by atoms with Crippen LogP contribution in [-0.2, 0) is 17.1 Å². The van der Waals surface area contributed by atoms with E-state index in [1.807, 2.05) is 10.3 Å². The Bertz CT molecular complexity index is 459. The van der Waals surface area contributed by atoms with Crippen molar-refractivity contribution in [2.75, 3.05) is 13.1 Å². The number of alkyl halides is 1. The predicted octanol–water partition coefficient (Wildman–Crippen LogP) is 3.71. The Labute approximate surface area is 130 Å². The van der Waals surface area contributed by atoms with Crippen molar-refractivity contribution in [3.05, 3.63) is 16.1 Å². The summed E-state index contributed by atoms with van der Waals surface area (Å²) in [4.78, 5) is 18.6. The molecule has 0 radical (unpaired) electrons. The van der Waals surface area contributed by atoms with Crippen LogP contribution in [0, 0.1) is 11.3 Å². The molecule has 1 aromatic heterocycles. The van der Waals surface area contributed by atoms with Crippen LogP contribution in [0.25, 0.3) is 0 Å². The van der Waals surface area contributed by atoms with E-state index in [4.69, 9.17) is 11.6 Å². The lowest BCUT2D eigenvalue weighted by molar-refractivity contribution is -0.132. The minimum atomic E-state index is 0.202. The lowest BCUT2D eigenvalue weighted by atomic mass is 9.75. The van der Waals surface area contributed by atoms with Gasteiger partial charge in [-0.25, -0.2) is 4.98 Å². The van der Waals surface area contributed by atoms with Gasteiger partial charge in [-0.2, -0.15) is 0 Å². The second-order valence-electron chi connectivity index (χ2n) is 6.56. The van der Waals surface area contributed by atoms with Gasteiger partial charge in [0, 0.05) is 18.5 Å². The number of hydrogen-bond donors (Lipinski definition) is 0. The summed E-state index contributed by atoms with van der Waals surface area (Å²) in [6.07, 6.45) is 2.64. The van der Waals surface area contributed by atoms with Gasteiger partial charge in [-0.15, -0.1) is 22.9 Å². The Morgan fingerprint density at radius 2 is 2.10 bits per heavy atom. The van der Waals surface area contributed by atoms with Gasteiger partial charge in [-0.05, 0) is 24.2 Å². The van der Waals surface area contributed by atoms with E-state index in [9.17, 15) is 4.79 Å². The summed E-state index contributed by atoms with van der Waals surface area (Å²) in [7, 11) is 0. The SMILES string of the molecule is CC(C)(C)C1CCN(C(=O)Cc2nc(CCl)cs2)CC1. The molecule has 20 heavy (non-hydrogen) atoms. The Hall–Kier alpha value is -0.610. The Morgan fingerprint density at radius 1 is 1.45 bits per heavy atom. The highest BCUT2D eigenvalue weighted by molar-refractivity contribution is 7.09. The monoisotopic (exact) mass is 314 g/mol. The van der Waals surface area contributed by atoms with E-state index in [0.717, 1.165) is 36.6 Å². The number of aromatic nitrogens is 1. The molecule has 0 aliphatic carbocycles. The minimum absolute atomic E-state index is 0.202. The maximum Gasteiger partial charge on any atom is 0.229 e. The van der Waals surface area contributed by atoms with E-state index in [1.54, 1.807) is 0 Å². The van der Waals surface area contributed by atoms with Crippen molar-refractivity contribution in [1.82, 2.24) is 9.88 Å². The zero-order valence-corrected chi connectivity index (χ0v) is 14.1. The van der Waals surface area contributed by atoms with E-state index in [1.165, 1.54) is 11.3 Å². The largest absolute Gasteiger partial charge is 0.342 e. The quantitative estimate of drug-likeness (QED) is 0.797. The van der Waals surface area contributed by atoms with Crippen LogP contribution in [0.4, 0.5) is 0 Å².